The molecule has 0 spiro atoms. The van der Waals surface area contributed by atoms with Crippen LogP contribution in [0.5, 0.6) is 0 Å². The van der Waals surface area contributed by atoms with Crippen molar-refractivity contribution in [2.24, 2.45) is 5.10 Å². The van der Waals surface area contributed by atoms with Crippen LogP contribution in [0.3, 0.4) is 0 Å². The van der Waals surface area contributed by atoms with Gasteiger partial charge < -0.3 is 5.32 Å². The Morgan fingerprint density at radius 3 is 2.87 bits per heavy atom. The van der Waals surface area contributed by atoms with E-state index in [1.165, 1.54) is 11.1 Å². The number of anilines is 1. The Labute approximate surface area is 143 Å². The fourth-order valence-electron chi connectivity index (χ4n) is 2.46. The summed E-state index contributed by atoms with van der Waals surface area (Å²) < 4.78 is 14.8. The Morgan fingerprint density at radius 1 is 1.39 bits per heavy atom. The van der Waals surface area contributed by atoms with Gasteiger partial charge in [-0.05, 0) is 29.8 Å². The maximum absolute atomic E-state index is 14.8. The molecule has 0 aromatic heterocycles. The molecule has 1 N–H and O–H groups in total. The summed E-state index contributed by atoms with van der Waals surface area (Å²) in [7, 11) is 0. The van der Waals surface area contributed by atoms with Crippen LogP contribution in [0.1, 0.15) is 12.0 Å². The van der Waals surface area contributed by atoms with E-state index in [1.807, 2.05) is 0 Å². The highest BCUT2D eigenvalue weighted by molar-refractivity contribution is 6.32. The summed E-state index contributed by atoms with van der Waals surface area (Å²) >= 11 is 12.1. The average Bonchev–Trinajstić information content (AvgIpc) is 2.53. The lowest BCUT2D eigenvalue weighted by atomic mass is 9.90. The number of rotatable bonds is 3. The topological polar surface area (TPSA) is 44.7 Å². The van der Waals surface area contributed by atoms with Crippen molar-refractivity contribution < 1.29 is 9.18 Å². The van der Waals surface area contributed by atoms with Crippen LogP contribution in [-0.4, -0.2) is 24.5 Å². The van der Waals surface area contributed by atoms with Gasteiger partial charge in [0.1, 0.15) is 5.67 Å². The maximum atomic E-state index is 14.8. The van der Waals surface area contributed by atoms with Crippen molar-refractivity contribution in [3.05, 3.63) is 52.0 Å². The van der Waals surface area contributed by atoms with Gasteiger partial charge >= 0.3 is 6.03 Å². The van der Waals surface area contributed by atoms with E-state index in [9.17, 15) is 9.18 Å². The van der Waals surface area contributed by atoms with E-state index in [4.69, 9.17) is 23.2 Å². The van der Waals surface area contributed by atoms with E-state index in [0.29, 0.717) is 27.9 Å². The van der Waals surface area contributed by atoms with E-state index in [0.717, 1.165) is 0 Å². The van der Waals surface area contributed by atoms with Crippen LogP contribution < -0.4 is 10.3 Å². The summed E-state index contributed by atoms with van der Waals surface area (Å²) in [6.45, 7) is 0.397. The smallest absolute Gasteiger partial charge is 0.331 e. The lowest BCUT2D eigenvalue weighted by Crippen LogP contribution is -2.41. The molecule has 0 bridgehead atoms. The second-order valence-electron chi connectivity index (χ2n) is 5.41. The molecule has 1 unspecified atom stereocenters. The Morgan fingerprint density at radius 2 is 2.22 bits per heavy atom. The average molecular weight is 354 g/mol. The van der Waals surface area contributed by atoms with Crippen LogP contribution in [0, 0.1) is 0 Å². The van der Waals surface area contributed by atoms with Crippen molar-refractivity contribution in [1.82, 2.24) is 5.32 Å². The summed E-state index contributed by atoms with van der Waals surface area (Å²) in [5.41, 5.74) is -0.317. The van der Waals surface area contributed by atoms with Gasteiger partial charge in [0.25, 0.3) is 0 Å². The molecule has 0 radical (unpaired) electrons. The Kier molecular flexibility index (Phi) is 4.41. The van der Waals surface area contributed by atoms with Gasteiger partial charge in [-0.2, -0.15) is 10.1 Å². The van der Waals surface area contributed by atoms with Gasteiger partial charge in [-0.1, -0.05) is 35.3 Å². The molecule has 0 saturated heterocycles. The monoisotopic (exact) mass is 353 g/mol. The van der Waals surface area contributed by atoms with Crippen LogP contribution in [-0.2, 0) is 6.42 Å². The molecule has 0 fully saturated rings. The number of carbonyl (C=O) groups excluding carboxylic acids is 1. The molecule has 2 amide bonds. The van der Waals surface area contributed by atoms with E-state index >= 15 is 0 Å². The number of nitrogens with one attached hydrogen (secondary N) is 1. The standard InChI is InChI=1S/C16H14Cl2FN3O/c17-12-3-5-16(19,6-4-12)10-11-1-2-13(9-14(11)18)22-15(23)20-7-8-21-22/h1-5,8-9H,6-7,10H2,(H,20,23). The van der Waals surface area contributed by atoms with E-state index < -0.39 is 5.67 Å². The first-order valence-corrected chi connectivity index (χ1v) is 7.85. The zero-order chi connectivity index (χ0) is 16.4. The number of hydrogen-bond donors (Lipinski definition) is 1. The Hall–Kier alpha value is -1.85. The van der Waals surface area contributed by atoms with Crippen LogP contribution in [0.15, 0.2) is 46.6 Å². The fourth-order valence-corrected chi connectivity index (χ4v) is 2.84. The van der Waals surface area contributed by atoms with Crippen molar-refractivity contribution in [1.29, 1.82) is 0 Å². The summed E-state index contributed by atoms with van der Waals surface area (Å²) in [5.74, 6) is 0. The minimum atomic E-state index is -1.51. The summed E-state index contributed by atoms with van der Waals surface area (Å²) in [4.78, 5) is 11.8. The van der Waals surface area contributed by atoms with Crippen LogP contribution in [0.4, 0.5) is 14.9 Å². The number of allylic oxidation sites excluding steroid dienone is 4. The number of benzene rings is 1. The molecule has 1 aromatic carbocycles. The largest absolute Gasteiger partial charge is 0.342 e. The van der Waals surface area contributed by atoms with E-state index in [1.54, 1.807) is 36.6 Å². The zero-order valence-electron chi connectivity index (χ0n) is 12.1. The Balaban J connectivity index is 1.80. The predicted molar refractivity (Wildman–Crippen MR) is 91.1 cm³/mol. The molecule has 23 heavy (non-hydrogen) atoms. The second-order valence-corrected chi connectivity index (χ2v) is 6.25. The minimum absolute atomic E-state index is 0.138. The molecule has 4 nitrogen and oxygen atoms in total. The third-order valence-corrected chi connectivity index (χ3v) is 4.31. The molecule has 1 aliphatic heterocycles. The number of halogens is 3. The number of hydrogen-bond acceptors (Lipinski definition) is 2. The molecule has 120 valence electrons. The lowest BCUT2D eigenvalue weighted by molar-refractivity contribution is 0.230. The maximum Gasteiger partial charge on any atom is 0.342 e. The van der Waals surface area contributed by atoms with Crippen molar-refractivity contribution in [3.63, 3.8) is 0 Å². The second kappa shape index (κ2) is 6.34. The minimum Gasteiger partial charge on any atom is -0.331 e. The molecule has 0 saturated carbocycles. The first-order chi connectivity index (χ1) is 11.0. The van der Waals surface area contributed by atoms with Crippen molar-refractivity contribution in [2.75, 3.05) is 11.6 Å². The SMILES string of the molecule is O=C1NCC=NN1c1ccc(CC2(F)C=CC(Cl)=CC2)c(Cl)c1. The molecule has 3 rings (SSSR count). The third kappa shape index (κ3) is 3.57. The number of alkyl halides is 1. The lowest BCUT2D eigenvalue weighted by Gasteiger charge is -2.24. The van der Waals surface area contributed by atoms with Gasteiger partial charge in [0.05, 0.1) is 12.2 Å². The van der Waals surface area contributed by atoms with E-state index in [-0.39, 0.29) is 18.9 Å². The number of amides is 2. The number of hydrazone groups is 1. The normalized spacial score (nSPS) is 23.7. The summed E-state index contributed by atoms with van der Waals surface area (Å²) in [6, 6.07) is 4.69. The molecular formula is C16H14Cl2FN3O. The molecule has 7 heteroatoms. The van der Waals surface area contributed by atoms with Crippen LogP contribution >= 0.6 is 23.2 Å². The first-order valence-electron chi connectivity index (χ1n) is 7.09. The number of urea groups is 1. The highest BCUT2D eigenvalue weighted by Crippen LogP contribution is 2.33. The van der Waals surface area contributed by atoms with Gasteiger partial charge in [-0.15, -0.1) is 0 Å². The Bertz CT molecular complexity index is 732. The first kappa shape index (κ1) is 16.0. The fraction of sp³-hybridized carbons (Fsp3) is 0.250. The summed E-state index contributed by atoms with van der Waals surface area (Å²) in [5, 5.41) is 8.81. The zero-order valence-corrected chi connectivity index (χ0v) is 13.6. The van der Waals surface area contributed by atoms with Crippen molar-refractivity contribution in [2.45, 2.75) is 18.5 Å². The van der Waals surface area contributed by atoms with Crippen molar-refractivity contribution in [3.8, 4) is 0 Å². The van der Waals surface area contributed by atoms with Gasteiger partial charge in [-0.3, -0.25) is 0 Å². The molecule has 2 aliphatic rings. The highest BCUT2D eigenvalue weighted by atomic mass is 35.5. The van der Waals surface area contributed by atoms with Gasteiger partial charge in [-0.25, -0.2) is 9.18 Å². The van der Waals surface area contributed by atoms with E-state index in [2.05, 4.69) is 10.4 Å². The molecular weight excluding hydrogens is 340 g/mol. The van der Waals surface area contributed by atoms with Gasteiger partial charge in [0.2, 0.25) is 0 Å². The molecule has 1 aliphatic carbocycles. The molecule has 1 heterocycles. The summed E-state index contributed by atoms with van der Waals surface area (Å²) in [6.07, 6.45) is 6.60. The van der Waals surface area contributed by atoms with Crippen LogP contribution in [0.25, 0.3) is 0 Å². The van der Waals surface area contributed by atoms with Gasteiger partial charge in [0.15, 0.2) is 0 Å². The van der Waals surface area contributed by atoms with Gasteiger partial charge in [0, 0.05) is 29.1 Å². The van der Waals surface area contributed by atoms with Crippen LogP contribution in [0.2, 0.25) is 5.02 Å². The molecule has 1 aromatic rings. The number of nitrogens with zero attached hydrogens (tertiary/aromatic N) is 2. The third-order valence-electron chi connectivity index (χ3n) is 3.68. The van der Waals surface area contributed by atoms with Crippen molar-refractivity contribution >= 4 is 41.1 Å². The quantitative estimate of drug-likeness (QED) is 0.869. The highest BCUT2D eigenvalue weighted by Gasteiger charge is 2.29. The predicted octanol–water partition coefficient (Wildman–Crippen LogP) is 4.19. The molecule has 1 atom stereocenters. The number of carbonyl (C=O) groups is 1.